The maximum Gasteiger partial charge on any atom is 0.0481 e. The molecular formula is C11H16N2. The highest BCUT2D eigenvalue weighted by atomic mass is 15.3. The van der Waals surface area contributed by atoms with Crippen molar-refractivity contribution in [3.8, 4) is 0 Å². The lowest BCUT2D eigenvalue weighted by atomic mass is 10.1. The van der Waals surface area contributed by atoms with Crippen LogP contribution in [0, 0.1) is 0 Å². The summed E-state index contributed by atoms with van der Waals surface area (Å²) in [6.07, 6.45) is 1.17. The minimum Gasteiger partial charge on any atom is -0.303 e. The second-order valence-corrected chi connectivity index (χ2v) is 3.51. The molecule has 2 rings (SSSR count). The standard InChI is InChI=1S/C11H16N2/c1-2-4-11(5-3-1)6-8-13-9-7-12-10-13/h1-5,12H,6-10H2. The molecule has 0 radical (unpaired) electrons. The molecule has 0 atom stereocenters. The van der Waals surface area contributed by atoms with Gasteiger partial charge in [0, 0.05) is 26.3 Å². The predicted octanol–water partition coefficient (Wildman–Crippen LogP) is 1.09. The van der Waals surface area contributed by atoms with Crippen LogP contribution < -0.4 is 5.32 Å². The minimum atomic E-state index is 1.06. The van der Waals surface area contributed by atoms with E-state index in [1.54, 1.807) is 0 Å². The maximum atomic E-state index is 3.33. The van der Waals surface area contributed by atoms with Crippen molar-refractivity contribution in [2.45, 2.75) is 6.42 Å². The first-order valence-electron chi connectivity index (χ1n) is 4.92. The lowest BCUT2D eigenvalue weighted by molar-refractivity contribution is 0.339. The molecule has 0 aliphatic carbocycles. The van der Waals surface area contributed by atoms with Gasteiger partial charge in [-0.25, -0.2) is 0 Å². The van der Waals surface area contributed by atoms with Crippen LogP contribution in [0.5, 0.6) is 0 Å². The van der Waals surface area contributed by atoms with Crippen molar-refractivity contribution >= 4 is 0 Å². The zero-order chi connectivity index (χ0) is 8.93. The molecule has 1 aliphatic heterocycles. The maximum absolute atomic E-state index is 3.33. The Hall–Kier alpha value is -0.860. The summed E-state index contributed by atoms with van der Waals surface area (Å²) in [5.74, 6) is 0. The molecule has 1 N–H and O–H groups in total. The molecule has 0 unspecified atom stereocenters. The van der Waals surface area contributed by atoms with Crippen LogP contribution in [0.4, 0.5) is 0 Å². The average Bonchev–Trinajstić information content (AvgIpc) is 2.69. The summed E-state index contributed by atoms with van der Waals surface area (Å²) >= 11 is 0. The van der Waals surface area contributed by atoms with Crippen molar-refractivity contribution in [1.82, 2.24) is 10.2 Å². The van der Waals surface area contributed by atoms with Gasteiger partial charge in [0.1, 0.15) is 0 Å². The molecule has 2 heteroatoms. The topological polar surface area (TPSA) is 15.3 Å². The van der Waals surface area contributed by atoms with Crippen LogP contribution in [0.2, 0.25) is 0 Å². The van der Waals surface area contributed by atoms with Gasteiger partial charge in [0.2, 0.25) is 0 Å². The second-order valence-electron chi connectivity index (χ2n) is 3.51. The van der Waals surface area contributed by atoms with Gasteiger partial charge >= 0.3 is 0 Å². The molecule has 0 spiro atoms. The fraction of sp³-hybridized carbons (Fsp3) is 0.455. The van der Waals surface area contributed by atoms with Crippen molar-refractivity contribution < 1.29 is 0 Å². The van der Waals surface area contributed by atoms with Crippen LogP contribution in [-0.4, -0.2) is 31.2 Å². The smallest absolute Gasteiger partial charge is 0.0481 e. The van der Waals surface area contributed by atoms with Gasteiger partial charge in [-0.15, -0.1) is 0 Å². The largest absolute Gasteiger partial charge is 0.303 e. The van der Waals surface area contributed by atoms with Gasteiger partial charge in [0.05, 0.1) is 0 Å². The van der Waals surface area contributed by atoms with Gasteiger partial charge < -0.3 is 5.32 Å². The van der Waals surface area contributed by atoms with E-state index in [-0.39, 0.29) is 0 Å². The molecule has 0 saturated carbocycles. The molecule has 1 aliphatic rings. The van der Waals surface area contributed by atoms with E-state index in [0.29, 0.717) is 0 Å². The zero-order valence-corrected chi connectivity index (χ0v) is 7.87. The molecule has 1 saturated heterocycles. The Bertz CT molecular complexity index is 240. The molecule has 0 aromatic heterocycles. The Balaban J connectivity index is 1.79. The van der Waals surface area contributed by atoms with E-state index in [1.165, 1.54) is 25.1 Å². The Kier molecular flexibility index (Phi) is 2.95. The molecule has 13 heavy (non-hydrogen) atoms. The van der Waals surface area contributed by atoms with Crippen molar-refractivity contribution in [1.29, 1.82) is 0 Å². The molecule has 1 aromatic rings. The summed E-state index contributed by atoms with van der Waals surface area (Å²) in [5.41, 5.74) is 1.44. The third-order valence-electron chi connectivity index (χ3n) is 2.50. The van der Waals surface area contributed by atoms with Gasteiger partial charge in [-0.1, -0.05) is 30.3 Å². The molecule has 70 valence electrons. The third-order valence-corrected chi connectivity index (χ3v) is 2.50. The van der Waals surface area contributed by atoms with E-state index in [1.807, 2.05) is 0 Å². The number of nitrogens with zero attached hydrogens (tertiary/aromatic N) is 1. The number of nitrogens with one attached hydrogen (secondary N) is 1. The quantitative estimate of drug-likeness (QED) is 0.741. The Labute approximate surface area is 79.6 Å². The first-order chi connectivity index (χ1) is 6.45. The van der Waals surface area contributed by atoms with E-state index in [0.717, 1.165) is 13.2 Å². The number of benzene rings is 1. The third kappa shape index (κ3) is 2.54. The highest BCUT2D eigenvalue weighted by molar-refractivity contribution is 5.14. The van der Waals surface area contributed by atoms with Gasteiger partial charge in [-0.3, -0.25) is 4.90 Å². The van der Waals surface area contributed by atoms with E-state index in [4.69, 9.17) is 0 Å². The van der Waals surface area contributed by atoms with E-state index in [2.05, 4.69) is 40.5 Å². The molecule has 2 nitrogen and oxygen atoms in total. The summed E-state index contributed by atoms with van der Waals surface area (Å²) in [7, 11) is 0. The Morgan fingerprint density at radius 3 is 2.77 bits per heavy atom. The van der Waals surface area contributed by atoms with Crippen molar-refractivity contribution in [3.05, 3.63) is 35.9 Å². The normalized spacial score (nSPS) is 17.8. The van der Waals surface area contributed by atoms with Crippen molar-refractivity contribution in [2.75, 3.05) is 26.3 Å². The van der Waals surface area contributed by atoms with Crippen molar-refractivity contribution in [2.24, 2.45) is 0 Å². The predicted molar refractivity (Wildman–Crippen MR) is 54.6 cm³/mol. The number of hydrogen-bond acceptors (Lipinski definition) is 2. The lowest BCUT2D eigenvalue weighted by Gasteiger charge is -2.12. The van der Waals surface area contributed by atoms with Crippen LogP contribution in [0.1, 0.15) is 5.56 Å². The minimum absolute atomic E-state index is 1.06. The molecule has 1 fully saturated rings. The highest BCUT2D eigenvalue weighted by Gasteiger charge is 2.09. The van der Waals surface area contributed by atoms with Crippen LogP contribution in [0.25, 0.3) is 0 Å². The molecule has 0 bridgehead atoms. The van der Waals surface area contributed by atoms with Gasteiger partial charge in [-0.2, -0.15) is 0 Å². The lowest BCUT2D eigenvalue weighted by Crippen LogP contribution is -2.24. The number of hydrogen-bond donors (Lipinski definition) is 1. The summed E-state index contributed by atoms with van der Waals surface area (Å²) in [5, 5.41) is 3.33. The van der Waals surface area contributed by atoms with Crippen LogP contribution >= 0.6 is 0 Å². The summed E-state index contributed by atoms with van der Waals surface area (Å²) in [4.78, 5) is 2.45. The van der Waals surface area contributed by atoms with Crippen molar-refractivity contribution in [3.63, 3.8) is 0 Å². The van der Waals surface area contributed by atoms with Crippen LogP contribution in [-0.2, 0) is 6.42 Å². The second kappa shape index (κ2) is 4.40. The summed E-state index contributed by atoms with van der Waals surface area (Å²) < 4.78 is 0. The molecular weight excluding hydrogens is 160 g/mol. The fourth-order valence-corrected chi connectivity index (χ4v) is 1.68. The van der Waals surface area contributed by atoms with E-state index < -0.39 is 0 Å². The first kappa shape index (κ1) is 8.73. The SMILES string of the molecule is c1ccc(CCN2CCNC2)cc1. The highest BCUT2D eigenvalue weighted by Crippen LogP contribution is 2.01. The first-order valence-corrected chi connectivity index (χ1v) is 4.92. The fourth-order valence-electron chi connectivity index (χ4n) is 1.68. The van der Waals surface area contributed by atoms with Gasteiger partial charge in [-0.05, 0) is 12.0 Å². The van der Waals surface area contributed by atoms with Gasteiger partial charge in [0.25, 0.3) is 0 Å². The van der Waals surface area contributed by atoms with Gasteiger partial charge in [0.15, 0.2) is 0 Å². The molecule has 1 aromatic carbocycles. The summed E-state index contributed by atoms with van der Waals surface area (Å²) in [6.45, 7) is 4.59. The molecule has 1 heterocycles. The monoisotopic (exact) mass is 176 g/mol. The summed E-state index contributed by atoms with van der Waals surface area (Å²) in [6, 6.07) is 10.7. The zero-order valence-electron chi connectivity index (χ0n) is 7.87. The van der Waals surface area contributed by atoms with E-state index in [9.17, 15) is 0 Å². The number of rotatable bonds is 3. The van der Waals surface area contributed by atoms with Crippen LogP contribution in [0.3, 0.4) is 0 Å². The van der Waals surface area contributed by atoms with Crippen LogP contribution in [0.15, 0.2) is 30.3 Å². The Morgan fingerprint density at radius 1 is 1.23 bits per heavy atom. The average molecular weight is 176 g/mol. The Morgan fingerprint density at radius 2 is 2.08 bits per heavy atom. The van der Waals surface area contributed by atoms with E-state index >= 15 is 0 Å². The molecule has 0 amide bonds.